The highest BCUT2D eigenvalue weighted by Crippen LogP contribution is 2.20. The maximum Gasteiger partial charge on any atom is 0.129 e. The van der Waals surface area contributed by atoms with Crippen molar-refractivity contribution in [2.45, 2.75) is 0 Å². The van der Waals surface area contributed by atoms with Gasteiger partial charge in [-0.25, -0.2) is 4.98 Å². The van der Waals surface area contributed by atoms with Crippen LogP contribution in [0.15, 0.2) is 36.7 Å². The van der Waals surface area contributed by atoms with E-state index in [0.717, 1.165) is 11.3 Å². The molecule has 2 rings (SSSR count). The molecule has 0 saturated carbocycles. The van der Waals surface area contributed by atoms with Crippen molar-refractivity contribution in [3.63, 3.8) is 0 Å². The fourth-order valence-corrected chi connectivity index (χ4v) is 1.50. The summed E-state index contributed by atoms with van der Waals surface area (Å²) in [5, 5.41) is 0.527. The van der Waals surface area contributed by atoms with Crippen LogP contribution >= 0.6 is 11.6 Å². The molecule has 13 heavy (non-hydrogen) atoms. The van der Waals surface area contributed by atoms with Gasteiger partial charge in [0.1, 0.15) is 5.15 Å². The Kier molecular flexibility index (Phi) is 2.07. The Bertz CT molecular complexity index is 420. The van der Waals surface area contributed by atoms with E-state index in [0.29, 0.717) is 5.15 Å². The topological polar surface area (TPSA) is 17.8 Å². The molecule has 66 valence electrons. The first-order valence-electron chi connectivity index (χ1n) is 4.00. The lowest BCUT2D eigenvalue weighted by molar-refractivity contribution is 0.936. The Morgan fingerprint density at radius 2 is 2.23 bits per heavy atom. The number of hydrogen-bond acceptors (Lipinski definition) is 1. The molecular formula is C10H9ClN2. The zero-order valence-electron chi connectivity index (χ0n) is 7.24. The SMILES string of the molecule is Cn1cccc1-c1ccnc(Cl)c1. The molecular weight excluding hydrogens is 184 g/mol. The second-order valence-corrected chi connectivity index (χ2v) is 3.26. The quantitative estimate of drug-likeness (QED) is 0.636. The summed E-state index contributed by atoms with van der Waals surface area (Å²) in [6.45, 7) is 0. The van der Waals surface area contributed by atoms with Gasteiger partial charge in [0.05, 0.1) is 0 Å². The first-order valence-corrected chi connectivity index (χ1v) is 4.38. The van der Waals surface area contributed by atoms with Crippen LogP contribution in [0, 0.1) is 0 Å². The van der Waals surface area contributed by atoms with Crippen LogP contribution in [0.5, 0.6) is 0 Å². The van der Waals surface area contributed by atoms with Crippen molar-refractivity contribution in [1.82, 2.24) is 9.55 Å². The van der Waals surface area contributed by atoms with Crippen LogP contribution in [0.3, 0.4) is 0 Å². The predicted molar refractivity (Wildman–Crippen MR) is 53.7 cm³/mol. The van der Waals surface area contributed by atoms with Crippen LogP contribution in [0.2, 0.25) is 5.15 Å². The highest BCUT2D eigenvalue weighted by atomic mass is 35.5. The van der Waals surface area contributed by atoms with Gasteiger partial charge in [0.25, 0.3) is 0 Å². The predicted octanol–water partition coefficient (Wildman–Crippen LogP) is 2.74. The van der Waals surface area contributed by atoms with E-state index in [2.05, 4.69) is 4.98 Å². The Morgan fingerprint density at radius 3 is 2.85 bits per heavy atom. The minimum Gasteiger partial charge on any atom is -0.351 e. The van der Waals surface area contributed by atoms with E-state index >= 15 is 0 Å². The monoisotopic (exact) mass is 192 g/mol. The molecule has 0 unspecified atom stereocenters. The molecule has 0 aromatic carbocycles. The first kappa shape index (κ1) is 8.32. The molecule has 0 aliphatic carbocycles. The zero-order chi connectivity index (χ0) is 9.26. The molecule has 0 amide bonds. The van der Waals surface area contributed by atoms with Gasteiger partial charge in [-0.2, -0.15) is 0 Å². The molecule has 0 aliphatic heterocycles. The van der Waals surface area contributed by atoms with Crippen LogP contribution in [-0.2, 0) is 7.05 Å². The number of aryl methyl sites for hydroxylation is 1. The molecule has 2 heterocycles. The zero-order valence-corrected chi connectivity index (χ0v) is 7.99. The fourth-order valence-electron chi connectivity index (χ4n) is 1.32. The van der Waals surface area contributed by atoms with E-state index in [1.165, 1.54) is 0 Å². The lowest BCUT2D eigenvalue weighted by Gasteiger charge is -2.02. The summed E-state index contributed by atoms with van der Waals surface area (Å²) >= 11 is 5.79. The van der Waals surface area contributed by atoms with Gasteiger partial charge in [-0.05, 0) is 24.3 Å². The molecule has 0 N–H and O–H groups in total. The summed E-state index contributed by atoms with van der Waals surface area (Å²) < 4.78 is 2.05. The minimum absolute atomic E-state index is 0.527. The third kappa shape index (κ3) is 1.58. The average Bonchev–Trinajstić information content (AvgIpc) is 2.51. The third-order valence-electron chi connectivity index (χ3n) is 1.97. The van der Waals surface area contributed by atoms with Crippen LogP contribution in [0.4, 0.5) is 0 Å². The molecule has 0 atom stereocenters. The minimum atomic E-state index is 0.527. The molecule has 0 fully saturated rings. The fraction of sp³-hybridized carbons (Fsp3) is 0.100. The van der Waals surface area contributed by atoms with E-state index in [1.54, 1.807) is 6.20 Å². The highest BCUT2D eigenvalue weighted by Gasteiger charge is 2.01. The number of rotatable bonds is 1. The summed E-state index contributed by atoms with van der Waals surface area (Å²) in [7, 11) is 2.00. The van der Waals surface area contributed by atoms with Crippen molar-refractivity contribution < 1.29 is 0 Å². The largest absolute Gasteiger partial charge is 0.351 e. The van der Waals surface area contributed by atoms with Gasteiger partial charge in [-0.15, -0.1) is 0 Å². The van der Waals surface area contributed by atoms with Crippen LogP contribution in [-0.4, -0.2) is 9.55 Å². The van der Waals surface area contributed by atoms with Crippen molar-refractivity contribution >= 4 is 11.6 Å². The molecule has 0 spiro atoms. The number of halogens is 1. The standard InChI is InChI=1S/C10H9ClN2/c1-13-6-2-3-9(13)8-4-5-12-10(11)7-8/h2-7H,1H3. The second kappa shape index (κ2) is 3.23. The summed E-state index contributed by atoms with van der Waals surface area (Å²) in [6.07, 6.45) is 3.72. The number of aromatic nitrogens is 2. The second-order valence-electron chi connectivity index (χ2n) is 2.87. The van der Waals surface area contributed by atoms with Gasteiger partial charge in [0.15, 0.2) is 0 Å². The van der Waals surface area contributed by atoms with Crippen LogP contribution < -0.4 is 0 Å². The maximum absolute atomic E-state index is 5.79. The molecule has 2 aromatic heterocycles. The molecule has 0 saturated heterocycles. The normalized spacial score (nSPS) is 10.3. The number of hydrogen-bond donors (Lipinski definition) is 0. The molecule has 0 aliphatic rings. The van der Waals surface area contributed by atoms with E-state index in [-0.39, 0.29) is 0 Å². The molecule has 3 heteroatoms. The van der Waals surface area contributed by atoms with Gasteiger partial charge in [0, 0.05) is 30.7 Å². The lowest BCUT2D eigenvalue weighted by atomic mass is 10.2. The van der Waals surface area contributed by atoms with E-state index in [1.807, 2.05) is 42.1 Å². The molecule has 0 bridgehead atoms. The smallest absolute Gasteiger partial charge is 0.129 e. The van der Waals surface area contributed by atoms with Crippen LogP contribution in [0.1, 0.15) is 0 Å². The summed E-state index contributed by atoms with van der Waals surface area (Å²) in [5.41, 5.74) is 2.23. The number of nitrogens with zero attached hydrogens (tertiary/aromatic N) is 2. The summed E-state index contributed by atoms with van der Waals surface area (Å²) in [5.74, 6) is 0. The maximum atomic E-state index is 5.79. The average molecular weight is 193 g/mol. The molecule has 2 aromatic rings. The van der Waals surface area contributed by atoms with Gasteiger partial charge in [-0.3, -0.25) is 0 Å². The van der Waals surface area contributed by atoms with Crippen molar-refractivity contribution in [3.05, 3.63) is 41.8 Å². The first-order chi connectivity index (χ1) is 6.27. The number of pyridine rings is 1. The van der Waals surface area contributed by atoms with Gasteiger partial charge < -0.3 is 4.57 Å². The molecule has 2 nitrogen and oxygen atoms in total. The van der Waals surface area contributed by atoms with Crippen molar-refractivity contribution in [2.75, 3.05) is 0 Å². The Balaban J connectivity index is 2.53. The van der Waals surface area contributed by atoms with Crippen molar-refractivity contribution in [2.24, 2.45) is 7.05 Å². The Labute approximate surface area is 81.8 Å². The van der Waals surface area contributed by atoms with Crippen molar-refractivity contribution in [3.8, 4) is 11.3 Å². The van der Waals surface area contributed by atoms with Crippen molar-refractivity contribution in [1.29, 1.82) is 0 Å². The third-order valence-corrected chi connectivity index (χ3v) is 2.17. The lowest BCUT2D eigenvalue weighted by Crippen LogP contribution is -1.89. The van der Waals surface area contributed by atoms with E-state index in [4.69, 9.17) is 11.6 Å². The summed E-state index contributed by atoms with van der Waals surface area (Å²) in [4.78, 5) is 3.94. The Morgan fingerprint density at radius 1 is 1.38 bits per heavy atom. The van der Waals surface area contributed by atoms with E-state index < -0.39 is 0 Å². The highest BCUT2D eigenvalue weighted by molar-refractivity contribution is 6.29. The van der Waals surface area contributed by atoms with Gasteiger partial charge >= 0.3 is 0 Å². The van der Waals surface area contributed by atoms with Crippen LogP contribution in [0.25, 0.3) is 11.3 Å². The van der Waals surface area contributed by atoms with E-state index in [9.17, 15) is 0 Å². The van der Waals surface area contributed by atoms with Gasteiger partial charge in [0.2, 0.25) is 0 Å². The van der Waals surface area contributed by atoms with Gasteiger partial charge in [-0.1, -0.05) is 11.6 Å². The Hall–Kier alpha value is -1.28. The summed E-state index contributed by atoms with van der Waals surface area (Å²) in [6, 6.07) is 7.85. The molecule has 0 radical (unpaired) electrons.